The smallest absolute Gasteiger partial charge is 0.226 e. The van der Waals surface area contributed by atoms with Crippen molar-refractivity contribution in [3.8, 4) is 11.5 Å². The zero-order valence-electron chi connectivity index (χ0n) is 13.4. The predicted octanol–water partition coefficient (Wildman–Crippen LogP) is 3.48. The number of aromatic nitrogens is 1. The summed E-state index contributed by atoms with van der Waals surface area (Å²) >= 11 is 0. The van der Waals surface area contributed by atoms with E-state index in [4.69, 9.17) is 4.42 Å². The number of piperidine rings is 1. The van der Waals surface area contributed by atoms with Gasteiger partial charge in [0.25, 0.3) is 0 Å². The number of rotatable bonds is 4. The first-order valence-electron chi connectivity index (χ1n) is 8.24. The van der Waals surface area contributed by atoms with Crippen LogP contribution in [0.5, 0.6) is 0 Å². The molecule has 0 amide bonds. The molecule has 5 heteroatoms. The molecule has 0 saturated carbocycles. The Kier molecular flexibility index (Phi) is 5.05. The molecular weight excluding hydrogens is 310 g/mol. The molecule has 4 nitrogen and oxygen atoms in total. The van der Waals surface area contributed by atoms with Crippen molar-refractivity contribution in [2.75, 3.05) is 7.05 Å². The normalized spacial score (nSPS) is 26.3. The lowest BCUT2D eigenvalue weighted by molar-refractivity contribution is 0.164. The van der Waals surface area contributed by atoms with E-state index in [1.807, 2.05) is 30.3 Å². The molecule has 4 rings (SSSR count). The average Bonchev–Trinajstić information content (AvgIpc) is 3.14. The summed E-state index contributed by atoms with van der Waals surface area (Å²) in [6.07, 6.45) is 7.01. The standard InChI is InChI=1S/C18H23N3O.ClH/c1-21(17-9-14-7-8-15(10-17)19-14)11-16-12-22-18(20-16)13-5-3-2-4-6-13;/h2-6,12,14-15,17,19H,7-11H2,1H3;1H. The summed E-state index contributed by atoms with van der Waals surface area (Å²) in [5, 5.41) is 3.70. The Morgan fingerprint density at radius 2 is 1.87 bits per heavy atom. The van der Waals surface area contributed by atoms with Gasteiger partial charge in [0, 0.05) is 30.2 Å². The fraction of sp³-hybridized carbons (Fsp3) is 0.500. The van der Waals surface area contributed by atoms with Crippen LogP contribution in [0.15, 0.2) is 41.0 Å². The van der Waals surface area contributed by atoms with Crippen molar-refractivity contribution >= 4 is 12.4 Å². The van der Waals surface area contributed by atoms with Gasteiger partial charge in [0.1, 0.15) is 6.26 Å². The third-order valence-electron chi connectivity index (χ3n) is 5.06. The molecule has 2 bridgehead atoms. The highest BCUT2D eigenvalue weighted by Gasteiger charge is 2.35. The number of benzene rings is 1. The second-order valence-corrected chi connectivity index (χ2v) is 6.69. The molecule has 23 heavy (non-hydrogen) atoms. The van der Waals surface area contributed by atoms with Gasteiger partial charge in [-0.05, 0) is 44.9 Å². The van der Waals surface area contributed by atoms with Crippen molar-refractivity contribution in [2.24, 2.45) is 0 Å². The first kappa shape index (κ1) is 16.5. The molecule has 0 spiro atoms. The van der Waals surface area contributed by atoms with Crippen LogP contribution in [0.4, 0.5) is 0 Å². The molecule has 1 N–H and O–H groups in total. The van der Waals surface area contributed by atoms with Crippen LogP contribution in [-0.4, -0.2) is 35.1 Å². The maximum Gasteiger partial charge on any atom is 0.226 e. The number of nitrogens with zero attached hydrogens (tertiary/aromatic N) is 2. The zero-order valence-corrected chi connectivity index (χ0v) is 14.3. The van der Waals surface area contributed by atoms with E-state index in [0.29, 0.717) is 6.04 Å². The quantitative estimate of drug-likeness (QED) is 0.930. The Balaban J connectivity index is 0.00000156. The van der Waals surface area contributed by atoms with E-state index in [0.717, 1.165) is 35.8 Å². The van der Waals surface area contributed by atoms with Gasteiger partial charge < -0.3 is 9.73 Å². The van der Waals surface area contributed by atoms with E-state index in [2.05, 4.69) is 22.2 Å². The van der Waals surface area contributed by atoms with Crippen molar-refractivity contribution in [1.29, 1.82) is 0 Å². The Morgan fingerprint density at radius 3 is 2.57 bits per heavy atom. The summed E-state index contributed by atoms with van der Waals surface area (Å²) in [6, 6.07) is 12.2. The van der Waals surface area contributed by atoms with E-state index in [9.17, 15) is 0 Å². The van der Waals surface area contributed by atoms with E-state index in [-0.39, 0.29) is 12.4 Å². The molecule has 2 aliphatic heterocycles. The van der Waals surface area contributed by atoms with Crippen molar-refractivity contribution in [2.45, 2.75) is 50.4 Å². The molecule has 2 saturated heterocycles. The molecular formula is C18H24ClN3O. The lowest BCUT2D eigenvalue weighted by Crippen LogP contribution is -2.46. The maximum absolute atomic E-state index is 5.64. The van der Waals surface area contributed by atoms with Crippen LogP contribution in [0.3, 0.4) is 0 Å². The molecule has 3 heterocycles. The monoisotopic (exact) mass is 333 g/mol. The van der Waals surface area contributed by atoms with Gasteiger partial charge in [0.15, 0.2) is 0 Å². The predicted molar refractivity (Wildman–Crippen MR) is 93.6 cm³/mol. The summed E-state index contributed by atoms with van der Waals surface area (Å²) in [7, 11) is 2.21. The third-order valence-corrected chi connectivity index (χ3v) is 5.06. The Bertz CT molecular complexity index is 618. The van der Waals surface area contributed by atoms with Crippen LogP contribution in [0.2, 0.25) is 0 Å². The fourth-order valence-corrected chi connectivity index (χ4v) is 3.86. The van der Waals surface area contributed by atoms with Gasteiger partial charge in [0.2, 0.25) is 5.89 Å². The Hall–Kier alpha value is -1.36. The minimum absolute atomic E-state index is 0. The van der Waals surface area contributed by atoms with Crippen LogP contribution >= 0.6 is 12.4 Å². The first-order chi connectivity index (χ1) is 10.8. The van der Waals surface area contributed by atoms with Crippen LogP contribution in [0.25, 0.3) is 11.5 Å². The number of hydrogen-bond acceptors (Lipinski definition) is 4. The second-order valence-electron chi connectivity index (χ2n) is 6.69. The largest absolute Gasteiger partial charge is 0.444 e. The van der Waals surface area contributed by atoms with Crippen molar-refractivity contribution in [3.05, 3.63) is 42.3 Å². The molecule has 2 fully saturated rings. The molecule has 1 aromatic heterocycles. The van der Waals surface area contributed by atoms with Gasteiger partial charge in [-0.25, -0.2) is 4.98 Å². The lowest BCUT2D eigenvalue weighted by Gasteiger charge is -2.35. The topological polar surface area (TPSA) is 41.3 Å². The zero-order chi connectivity index (χ0) is 14.9. The molecule has 2 unspecified atom stereocenters. The van der Waals surface area contributed by atoms with Crippen LogP contribution in [0.1, 0.15) is 31.4 Å². The van der Waals surface area contributed by atoms with Crippen molar-refractivity contribution < 1.29 is 4.42 Å². The summed E-state index contributed by atoms with van der Waals surface area (Å²) in [6.45, 7) is 0.862. The van der Waals surface area contributed by atoms with E-state index >= 15 is 0 Å². The highest BCUT2D eigenvalue weighted by Crippen LogP contribution is 2.30. The minimum Gasteiger partial charge on any atom is -0.444 e. The van der Waals surface area contributed by atoms with Gasteiger partial charge >= 0.3 is 0 Å². The van der Waals surface area contributed by atoms with Crippen LogP contribution < -0.4 is 5.32 Å². The van der Waals surface area contributed by atoms with Crippen molar-refractivity contribution in [1.82, 2.24) is 15.2 Å². The summed E-state index contributed by atoms with van der Waals surface area (Å²) in [4.78, 5) is 7.09. The summed E-state index contributed by atoms with van der Waals surface area (Å²) in [5.74, 6) is 0.717. The molecule has 0 aliphatic carbocycles. The summed E-state index contributed by atoms with van der Waals surface area (Å²) < 4.78 is 5.64. The minimum atomic E-state index is 0. The van der Waals surface area contributed by atoms with E-state index in [1.165, 1.54) is 25.7 Å². The van der Waals surface area contributed by atoms with Gasteiger partial charge in [0.05, 0.1) is 5.69 Å². The van der Waals surface area contributed by atoms with Crippen LogP contribution in [0, 0.1) is 0 Å². The number of halogens is 1. The van der Waals surface area contributed by atoms with Gasteiger partial charge in [-0.3, -0.25) is 4.90 Å². The van der Waals surface area contributed by atoms with Gasteiger partial charge in [-0.1, -0.05) is 18.2 Å². The highest BCUT2D eigenvalue weighted by molar-refractivity contribution is 5.85. The lowest BCUT2D eigenvalue weighted by atomic mass is 9.98. The number of hydrogen-bond donors (Lipinski definition) is 1. The SMILES string of the molecule is CN(Cc1coc(-c2ccccc2)n1)C1CC2CCC(C1)N2.Cl. The van der Waals surface area contributed by atoms with Gasteiger partial charge in [-0.15, -0.1) is 12.4 Å². The fourth-order valence-electron chi connectivity index (χ4n) is 3.86. The first-order valence-corrected chi connectivity index (χ1v) is 8.24. The Morgan fingerprint density at radius 1 is 1.17 bits per heavy atom. The molecule has 0 radical (unpaired) electrons. The Labute approximate surface area is 143 Å². The van der Waals surface area contributed by atoms with E-state index in [1.54, 1.807) is 6.26 Å². The molecule has 2 aliphatic rings. The number of oxazole rings is 1. The average molecular weight is 334 g/mol. The number of nitrogens with one attached hydrogen (secondary N) is 1. The van der Waals surface area contributed by atoms with E-state index < -0.39 is 0 Å². The van der Waals surface area contributed by atoms with Crippen LogP contribution in [-0.2, 0) is 6.54 Å². The molecule has 124 valence electrons. The molecule has 1 aromatic carbocycles. The third kappa shape index (κ3) is 3.60. The molecule has 2 atom stereocenters. The summed E-state index contributed by atoms with van der Waals surface area (Å²) in [5.41, 5.74) is 2.06. The number of fused-ring (bicyclic) bond motifs is 2. The molecule has 2 aromatic rings. The van der Waals surface area contributed by atoms with Crippen molar-refractivity contribution in [3.63, 3.8) is 0 Å². The highest BCUT2D eigenvalue weighted by atomic mass is 35.5. The van der Waals surface area contributed by atoms with Gasteiger partial charge in [-0.2, -0.15) is 0 Å². The second kappa shape index (κ2) is 7.04. The maximum atomic E-state index is 5.64.